The maximum Gasteiger partial charge on any atom is 0.129 e. The maximum absolute atomic E-state index is 4.73. The van der Waals surface area contributed by atoms with Gasteiger partial charge in [0.1, 0.15) is 5.82 Å². The van der Waals surface area contributed by atoms with Crippen LogP contribution >= 0.6 is 0 Å². The van der Waals surface area contributed by atoms with Crippen LogP contribution in [-0.4, -0.2) is 24.1 Å². The number of nitrogens with one attached hydrogen (secondary N) is 2. The zero-order valence-electron chi connectivity index (χ0n) is 12.3. The van der Waals surface area contributed by atoms with Gasteiger partial charge in [-0.15, -0.1) is 0 Å². The van der Waals surface area contributed by atoms with Crippen LogP contribution in [0.25, 0.3) is 0 Å². The van der Waals surface area contributed by atoms with Gasteiger partial charge in [-0.3, -0.25) is 0 Å². The van der Waals surface area contributed by atoms with Crippen LogP contribution in [0.4, 0.5) is 5.82 Å². The Hall–Kier alpha value is -1.09. The van der Waals surface area contributed by atoms with Gasteiger partial charge in [-0.05, 0) is 50.3 Å². The molecular formula is C16H27N3. The Bertz CT molecular complexity index is 388. The summed E-state index contributed by atoms with van der Waals surface area (Å²) in [5, 5.41) is 6.86. The van der Waals surface area contributed by atoms with Crippen molar-refractivity contribution in [1.82, 2.24) is 10.3 Å². The summed E-state index contributed by atoms with van der Waals surface area (Å²) in [6.07, 6.45) is 7.31. The summed E-state index contributed by atoms with van der Waals surface area (Å²) < 4.78 is 0. The third-order valence-corrected chi connectivity index (χ3v) is 3.61. The van der Waals surface area contributed by atoms with Crippen LogP contribution < -0.4 is 10.6 Å². The lowest BCUT2D eigenvalue weighted by atomic mass is 10.1. The molecule has 0 aliphatic carbocycles. The van der Waals surface area contributed by atoms with Crippen LogP contribution in [0.2, 0.25) is 0 Å². The molecule has 0 aromatic carbocycles. The lowest BCUT2D eigenvalue weighted by molar-refractivity contribution is 0.547. The summed E-state index contributed by atoms with van der Waals surface area (Å²) in [4.78, 5) is 4.73. The number of unbranched alkanes of at least 4 members (excludes halogenated alkanes) is 2. The number of aromatic nitrogens is 1. The van der Waals surface area contributed by atoms with Crippen molar-refractivity contribution in [2.24, 2.45) is 0 Å². The second-order valence-electron chi connectivity index (χ2n) is 5.76. The molecule has 19 heavy (non-hydrogen) atoms. The molecule has 106 valence electrons. The van der Waals surface area contributed by atoms with Crippen molar-refractivity contribution in [3.05, 3.63) is 23.4 Å². The minimum Gasteiger partial charge on any atom is -0.370 e. The molecule has 1 aromatic rings. The average molecular weight is 261 g/mol. The van der Waals surface area contributed by atoms with Crippen molar-refractivity contribution in [2.45, 2.75) is 58.4 Å². The first kappa shape index (κ1) is 14.3. The number of nitrogens with zero attached hydrogens (tertiary/aromatic N) is 1. The first-order valence-corrected chi connectivity index (χ1v) is 7.72. The second kappa shape index (κ2) is 7.49. The van der Waals surface area contributed by atoms with Gasteiger partial charge in [-0.2, -0.15) is 0 Å². The quantitative estimate of drug-likeness (QED) is 0.740. The highest BCUT2D eigenvalue weighted by atomic mass is 15.0. The fraction of sp³-hybridized carbons (Fsp3) is 0.688. The van der Waals surface area contributed by atoms with E-state index in [9.17, 15) is 0 Å². The summed E-state index contributed by atoms with van der Waals surface area (Å²) in [5.74, 6) is 1.13. The molecule has 2 N–H and O–H groups in total. The summed E-state index contributed by atoms with van der Waals surface area (Å²) in [6, 6.07) is 5.07. The van der Waals surface area contributed by atoms with Crippen molar-refractivity contribution in [2.75, 3.05) is 18.4 Å². The fourth-order valence-electron chi connectivity index (χ4n) is 2.51. The molecule has 1 aliphatic rings. The lowest BCUT2D eigenvalue weighted by Crippen LogP contribution is -2.23. The molecule has 0 atom stereocenters. The van der Waals surface area contributed by atoms with Crippen molar-refractivity contribution < 1.29 is 0 Å². The summed E-state index contributed by atoms with van der Waals surface area (Å²) in [5.41, 5.74) is 2.63. The van der Waals surface area contributed by atoms with E-state index in [4.69, 9.17) is 4.98 Å². The standard InChI is InChI=1S/C16H27N3/c1-13(2)17-11-5-3-4-8-15-10-9-14-7-6-12-18-16(14)19-15/h9-10,13,17H,3-8,11-12H2,1-2H3,(H,18,19). The van der Waals surface area contributed by atoms with Crippen molar-refractivity contribution in [3.63, 3.8) is 0 Å². The number of pyridine rings is 1. The van der Waals surface area contributed by atoms with E-state index >= 15 is 0 Å². The van der Waals surface area contributed by atoms with Crippen LogP contribution in [0.3, 0.4) is 0 Å². The Labute approximate surface area is 117 Å². The van der Waals surface area contributed by atoms with E-state index < -0.39 is 0 Å². The fourth-order valence-corrected chi connectivity index (χ4v) is 2.51. The number of aryl methyl sites for hydroxylation is 2. The van der Waals surface area contributed by atoms with E-state index in [1.807, 2.05) is 0 Å². The highest BCUT2D eigenvalue weighted by Crippen LogP contribution is 2.20. The monoisotopic (exact) mass is 261 g/mol. The van der Waals surface area contributed by atoms with Gasteiger partial charge in [0.05, 0.1) is 0 Å². The minimum atomic E-state index is 0.605. The molecule has 0 saturated heterocycles. The SMILES string of the molecule is CC(C)NCCCCCc1ccc2c(n1)NCCC2. The van der Waals surface area contributed by atoms with E-state index in [0.29, 0.717) is 6.04 Å². The first-order chi connectivity index (χ1) is 9.25. The van der Waals surface area contributed by atoms with Gasteiger partial charge in [0.25, 0.3) is 0 Å². The molecule has 2 rings (SSSR count). The van der Waals surface area contributed by atoms with E-state index in [2.05, 4.69) is 36.6 Å². The Morgan fingerprint density at radius 3 is 3.00 bits per heavy atom. The third kappa shape index (κ3) is 4.83. The van der Waals surface area contributed by atoms with Gasteiger partial charge in [-0.1, -0.05) is 26.3 Å². The predicted octanol–water partition coefficient (Wildman–Crippen LogP) is 3.15. The highest BCUT2D eigenvalue weighted by Gasteiger charge is 2.09. The smallest absolute Gasteiger partial charge is 0.129 e. The average Bonchev–Trinajstić information content (AvgIpc) is 2.42. The normalized spacial score (nSPS) is 14.3. The molecular weight excluding hydrogens is 234 g/mol. The summed E-state index contributed by atoms with van der Waals surface area (Å²) >= 11 is 0. The van der Waals surface area contributed by atoms with Crippen molar-refractivity contribution in [3.8, 4) is 0 Å². The van der Waals surface area contributed by atoms with Gasteiger partial charge in [0.2, 0.25) is 0 Å². The molecule has 0 unspecified atom stereocenters. The molecule has 0 fully saturated rings. The Morgan fingerprint density at radius 2 is 2.16 bits per heavy atom. The van der Waals surface area contributed by atoms with Crippen LogP contribution in [0, 0.1) is 0 Å². The van der Waals surface area contributed by atoms with Gasteiger partial charge < -0.3 is 10.6 Å². The highest BCUT2D eigenvalue weighted by molar-refractivity contribution is 5.46. The molecule has 2 heterocycles. The molecule has 0 saturated carbocycles. The zero-order chi connectivity index (χ0) is 13.5. The number of anilines is 1. The predicted molar refractivity (Wildman–Crippen MR) is 81.7 cm³/mol. The van der Waals surface area contributed by atoms with Gasteiger partial charge in [-0.25, -0.2) is 4.98 Å². The Balaban J connectivity index is 1.68. The number of hydrogen-bond donors (Lipinski definition) is 2. The lowest BCUT2D eigenvalue weighted by Gasteiger charge is -2.17. The molecule has 3 nitrogen and oxygen atoms in total. The largest absolute Gasteiger partial charge is 0.370 e. The van der Waals surface area contributed by atoms with Crippen LogP contribution in [0.15, 0.2) is 12.1 Å². The molecule has 0 radical (unpaired) electrons. The first-order valence-electron chi connectivity index (χ1n) is 7.72. The number of hydrogen-bond acceptors (Lipinski definition) is 3. The Kier molecular flexibility index (Phi) is 5.64. The van der Waals surface area contributed by atoms with E-state index in [-0.39, 0.29) is 0 Å². The topological polar surface area (TPSA) is 37.0 Å². The molecule has 1 aromatic heterocycles. The van der Waals surface area contributed by atoms with Crippen molar-refractivity contribution in [1.29, 1.82) is 0 Å². The molecule has 0 amide bonds. The Morgan fingerprint density at radius 1 is 1.26 bits per heavy atom. The van der Waals surface area contributed by atoms with Gasteiger partial charge >= 0.3 is 0 Å². The summed E-state index contributed by atoms with van der Waals surface area (Å²) in [6.45, 7) is 6.61. The minimum absolute atomic E-state index is 0.605. The van der Waals surface area contributed by atoms with Gasteiger partial charge in [0.15, 0.2) is 0 Å². The van der Waals surface area contributed by atoms with Gasteiger partial charge in [0, 0.05) is 18.3 Å². The molecule has 1 aliphatic heterocycles. The molecule has 0 spiro atoms. The van der Waals surface area contributed by atoms with E-state index in [0.717, 1.165) is 25.3 Å². The molecule has 0 bridgehead atoms. The van der Waals surface area contributed by atoms with E-state index in [1.165, 1.54) is 43.4 Å². The van der Waals surface area contributed by atoms with Crippen LogP contribution in [0.5, 0.6) is 0 Å². The number of fused-ring (bicyclic) bond motifs is 1. The van der Waals surface area contributed by atoms with Crippen molar-refractivity contribution >= 4 is 5.82 Å². The summed E-state index contributed by atoms with van der Waals surface area (Å²) in [7, 11) is 0. The maximum atomic E-state index is 4.73. The second-order valence-corrected chi connectivity index (χ2v) is 5.76. The number of rotatable bonds is 7. The zero-order valence-corrected chi connectivity index (χ0v) is 12.3. The van der Waals surface area contributed by atoms with E-state index in [1.54, 1.807) is 0 Å². The molecule has 3 heteroatoms. The van der Waals surface area contributed by atoms with Crippen LogP contribution in [-0.2, 0) is 12.8 Å². The van der Waals surface area contributed by atoms with Crippen LogP contribution in [0.1, 0.15) is 50.8 Å². The third-order valence-electron chi connectivity index (χ3n) is 3.61.